The fourth-order valence-electron chi connectivity index (χ4n) is 11.4. The number of hydrogen-bond donors (Lipinski definition) is 0. The van der Waals surface area contributed by atoms with Gasteiger partial charge in [-0.05, 0) is 184 Å². The smallest absolute Gasteiger partial charge is 0.201 e. The fourth-order valence-corrected chi connectivity index (χ4v) is 11.4. The summed E-state index contributed by atoms with van der Waals surface area (Å²) in [5.74, 6) is 0. The van der Waals surface area contributed by atoms with E-state index in [1.165, 1.54) is 80.1 Å². The maximum Gasteiger partial charge on any atom is 0.212 e. The molecule has 10 rings (SSSR count). The van der Waals surface area contributed by atoms with Crippen LogP contribution in [0.2, 0.25) is 0 Å². The first kappa shape index (κ1) is 70.6. The molecule has 0 atom stereocenters. The maximum atomic E-state index is 8.39. The van der Waals surface area contributed by atoms with E-state index in [1.54, 1.807) is 24.6 Å². The molecular formula is C91H132N5+5. The number of aromatic nitrogens is 5. The van der Waals surface area contributed by atoms with Crippen LogP contribution in [0.1, 0.15) is 192 Å². The molecule has 0 unspecified atom stereocenters. The van der Waals surface area contributed by atoms with Gasteiger partial charge in [0.1, 0.15) is 35.2 Å². The number of rotatable bonds is 10. The Balaban J connectivity index is 0.000000649. The fraction of sp³-hybridized carbons (Fsp3) is 0.396. The van der Waals surface area contributed by atoms with Crippen LogP contribution in [0.15, 0.2) is 201 Å². The van der Waals surface area contributed by atoms with Gasteiger partial charge in [-0.25, -0.2) is 22.8 Å². The second-order valence-electron chi connectivity index (χ2n) is 27.9. The molecule has 10 aromatic rings. The monoisotopic (exact) mass is 1300 g/mol. The van der Waals surface area contributed by atoms with E-state index < -0.39 is 31.4 Å². The zero-order valence-corrected chi connectivity index (χ0v) is 59.2. The molecule has 5 aromatic heterocycles. The van der Waals surface area contributed by atoms with E-state index in [1.807, 2.05) is 131 Å². The summed E-state index contributed by atoms with van der Waals surface area (Å²) < 4.78 is 81.7. The highest BCUT2D eigenvalue weighted by Gasteiger charge is 2.21. The average Bonchev–Trinajstić information content (AvgIpc) is 0.776. The molecule has 0 fully saturated rings. The quantitative estimate of drug-likeness (QED) is 0.122. The normalized spacial score (nSPS) is 12.6. The third kappa shape index (κ3) is 25.1. The molecule has 96 heavy (non-hydrogen) atoms. The molecule has 5 nitrogen and oxygen atoms in total. The van der Waals surface area contributed by atoms with Crippen molar-refractivity contribution >= 4 is 0 Å². The third-order valence-corrected chi connectivity index (χ3v) is 15.9. The largest absolute Gasteiger partial charge is 0.212 e. The lowest BCUT2D eigenvalue weighted by Crippen LogP contribution is -2.32. The SMILES string of the molecule is C.C.C.C.C.Cc1ccccc1-c1cc(CC(C)(C)C)cc[n+]1C.Cc1ccccc1-c1ccc(CC(C)(C)C)c[n+]1C.[2H]C([2H])(C)c1c[n+](C)c(-c2ccccc2C)cc1C.[2H]C([2H])([2H])c1c[n+](C)c(-c2ccccc2C)cc1C([2H])([2H])C.[2H]C([2H])(c1ccc(-c2ccccc2C)[n+](C)c1)C(C)(C)C. The summed E-state index contributed by atoms with van der Waals surface area (Å²) >= 11 is 0. The summed E-state index contributed by atoms with van der Waals surface area (Å²) in [7, 11) is 9.98. The second kappa shape index (κ2) is 38.6. The summed E-state index contributed by atoms with van der Waals surface area (Å²) in [6.07, 6.45) is 7.56. The minimum absolute atomic E-state index is 0. The van der Waals surface area contributed by atoms with Gasteiger partial charge in [0.15, 0.2) is 31.0 Å². The van der Waals surface area contributed by atoms with Gasteiger partial charge in [0.2, 0.25) is 28.5 Å². The first-order valence-electron chi connectivity index (χ1n) is 36.5. The Labute approximate surface area is 601 Å². The lowest BCUT2D eigenvalue weighted by Gasteiger charge is -2.18. The molecule has 0 aliphatic carbocycles. The van der Waals surface area contributed by atoms with Crippen molar-refractivity contribution in [2.75, 3.05) is 0 Å². The Morgan fingerprint density at radius 3 is 1.01 bits per heavy atom. The van der Waals surface area contributed by atoms with E-state index in [0.29, 0.717) is 10.8 Å². The zero-order valence-electron chi connectivity index (χ0n) is 68.2. The topological polar surface area (TPSA) is 19.4 Å². The van der Waals surface area contributed by atoms with Gasteiger partial charge < -0.3 is 0 Å². The molecule has 0 saturated carbocycles. The van der Waals surface area contributed by atoms with Crippen LogP contribution < -0.4 is 22.8 Å². The summed E-state index contributed by atoms with van der Waals surface area (Å²) in [5, 5.41) is 0. The number of aryl methyl sites for hydroxylation is 14. The van der Waals surface area contributed by atoms with E-state index in [2.05, 4.69) is 208 Å². The van der Waals surface area contributed by atoms with E-state index in [-0.39, 0.29) is 48.3 Å². The molecule has 5 aromatic carbocycles. The highest BCUT2D eigenvalue weighted by molar-refractivity contribution is 5.65. The van der Waals surface area contributed by atoms with E-state index >= 15 is 0 Å². The van der Waals surface area contributed by atoms with Crippen molar-refractivity contribution in [3.8, 4) is 56.3 Å². The Morgan fingerprint density at radius 1 is 0.312 bits per heavy atom. The van der Waals surface area contributed by atoms with E-state index in [0.717, 1.165) is 57.7 Å². The number of pyridine rings is 5. The van der Waals surface area contributed by atoms with Gasteiger partial charge in [0.05, 0.1) is 0 Å². The number of benzene rings is 5. The van der Waals surface area contributed by atoms with Crippen LogP contribution in [0.5, 0.6) is 0 Å². The van der Waals surface area contributed by atoms with Crippen molar-refractivity contribution in [3.05, 3.63) is 268 Å². The molecule has 516 valence electrons. The summed E-state index contributed by atoms with van der Waals surface area (Å²) in [6.45, 7) is 32.6. The van der Waals surface area contributed by atoms with Crippen molar-refractivity contribution in [2.45, 2.75) is 194 Å². The Hall–Kier alpha value is -8.15. The van der Waals surface area contributed by atoms with Crippen LogP contribution >= 0.6 is 0 Å². The maximum absolute atomic E-state index is 8.39. The average molecular weight is 1310 g/mol. The number of hydrogen-bond acceptors (Lipinski definition) is 0. The lowest BCUT2D eigenvalue weighted by atomic mass is 9.88. The van der Waals surface area contributed by atoms with Gasteiger partial charge in [0, 0.05) is 98.8 Å². The van der Waals surface area contributed by atoms with Gasteiger partial charge >= 0.3 is 0 Å². The third-order valence-electron chi connectivity index (χ3n) is 15.9. The van der Waals surface area contributed by atoms with E-state index in [9.17, 15) is 0 Å². The van der Waals surface area contributed by atoms with Gasteiger partial charge in [-0.15, -0.1) is 0 Å². The molecule has 0 radical (unpaired) electrons. The molecule has 0 amide bonds. The predicted molar refractivity (Wildman–Crippen MR) is 420 cm³/mol. The van der Waals surface area contributed by atoms with Crippen molar-refractivity contribution < 1.29 is 35.2 Å². The van der Waals surface area contributed by atoms with Crippen LogP contribution in [0, 0.1) is 64.6 Å². The van der Waals surface area contributed by atoms with Gasteiger partial charge in [-0.1, -0.05) is 204 Å². The molecular weight excluding hydrogens is 1160 g/mol. The summed E-state index contributed by atoms with van der Waals surface area (Å²) in [6, 6.07) is 58.1. The standard InChI is InChI=1S/3C18H24N.2C16H20N.5CH4/c1-14-8-6-7-9-16(14)17-12-15(10-11-19(17)5)13-18(2,3)4;2*1-14-8-6-7-9-16(14)17-11-10-15(13-19(17)5)12-18(2,3)4;1-5-14-10-16(17(4)11-13(14)3)15-9-7-6-8-12(15)2;1-5-14-11-17(4)16(10-13(14)3)15-9-7-6-8-12(15)2;;;;;/h6-12H,13H2,1-5H3;2*6-11,13H,12H2,1-5H3;2*6-11H,5H2,1-4H3;5*1H4/q5*+1;;;;;/i;12D2;;3D3,5D2;5D2;;;;;. The number of nitrogens with zero attached hydrogens (tertiary/aromatic N) is 5. The van der Waals surface area contributed by atoms with Crippen LogP contribution in [-0.4, -0.2) is 0 Å². The van der Waals surface area contributed by atoms with Crippen molar-refractivity contribution in [3.63, 3.8) is 0 Å². The van der Waals surface area contributed by atoms with Gasteiger partial charge in [-0.2, -0.15) is 0 Å². The van der Waals surface area contributed by atoms with Crippen LogP contribution in [0.25, 0.3) is 56.3 Å². The van der Waals surface area contributed by atoms with Crippen molar-refractivity contribution in [1.29, 1.82) is 0 Å². The highest BCUT2D eigenvalue weighted by Crippen LogP contribution is 2.29. The van der Waals surface area contributed by atoms with Crippen molar-refractivity contribution in [1.82, 2.24) is 0 Å². The van der Waals surface area contributed by atoms with Crippen molar-refractivity contribution in [2.24, 2.45) is 51.5 Å². The Morgan fingerprint density at radius 2 is 0.646 bits per heavy atom. The molecule has 0 aliphatic heterocycles. The molecule has 5 heteroatoms. The van der Waals surface area contributed by atoms with Crippen LogP contribution in [-0.2, 0) is 67.2 Å². The molecule has 0 aliphatic rings. The Bertz CT molecular complexity index is 4440. The highest BCUT2D eigenvalue weighted by atomic mass is 14.9. The summed E-state index contributed by atoms with van der Waals surface area (Å²) in [5.41, 5.74) is 23.4. The van der Waals surface area contributed by atoms with Gasteiger partial charge in [0.25, 0.3) is 0 Å². The minimum Gasteiger partial charge on any atom is -0.201 e. The lowest BCUT2D eigenvalue weighted by molar-refractivity contribution is -0.661. The molecule has 0 saturated heterocycles. The zero-order chi connectivity index (χ0) is 74.8. The summed E-state index contributed by atoms with van der Waals surface area (Å²) in [4.78, 5) is 0. The first-order valence-corrected chi connectivity index (χ1v) is 32.0. The minimum atomic E-state index is -2.35. The molecule has 5 heterocycles. The van der Waals surface area contributed by atoms with Gasteiger partial charge in [-0.3, -0.25) is 0 Å². The predicted octanol–water partition coefficient (Wildman–Crippen LogP) is 22.1. The second-order valence-corrected chi connectivity index (χ2v) is 27.9. The van der Waals surface area contributed by atoms with Crippen LogP contribution in [0.3, 0.4) is 0 Å². The van der Waals surface area contributed by atoms with E-state index in [4.69, 9.17) is 12.3 Å². The molecule has 0 spiro atoms. The Kier molecular flexibility index (Phi) is 28.4. The molecule has 0 N–H and O–H groups in total. The first-order chi connectivity index (χ1) is 46.2. The molecule has 0 bridgehead atoms. The van der Waals surface area contributed by atoms with Crippen LogP contribution in [0.4, 0.5) is 0 Å².